The van der Waals surface area contributed by atoms with E-state index in [4.69, 9.17) is 4.98 Å². The zero-order valence-corrected chi connectivity index (χ0v) is 15.3. The molecule has 0 spiro atoms. The number of nitrogens with one attached hydrogen (secondary N) is 1. The highest BCUT2D eigenvalue weighted by molar-refractivity contribution is 6.07. The predicted octanol–water partition coefficient (Wildman–Crippen LogP) is 5.06. The van der Waals surface area contributed by atoms with E-state index >= 15 is 0 Å². The summed E-state index contributed by atoms with van der Waals surface area (Å²) in [4.78, 5) is 7.60. The summed E-state index contributed by atoms with van der Waals surface area (Å²) < 4.78 is 0. The van der Waals surface area contributed by atoms with E-state index in [1.165, 1.54) is 61.7 Å². The molecule has 0 bridgehead atoms. The van der Waals surface area contributed by atoms with Gasteiger partial charge in [0.2, 0.25) is 0 Å². The monoisotopic (exact) mass is 345 g/mol. The summed E-state index contributed by atoms with van der Waals surface area (Å²) >= 11 is 0. The standard InChI is InChI=1S/C23H27N3/c1-3-11-20-18(9-1)23(19-10-2-4-12-21(19)25-20)24-16-17-8-7-15-26-14-6-5-13-22(17)26/h1-4,9-12,17,22H,5-8,13-16H2,(H,24,25)/t17-,22-/m1/s1. The Balaban J connectivity index is 1.48. The first kappa shape index (κ1) is 16.1. The van der Waals surface area contributed by atoms with Crippen molar-refractivity contribution in [3.05, 3.63) is 48.5 Å². The normalized spacial score (nSPS) is 23.8. The molecule has 2 saturated heterocycles. The van der Waals surface area contributed by atoms with Crippen LogP contribution in [0.15, 0.2) is 48.5 Å². The Morgan fingerprint density at radius 1 is 0.846 bits per heavy atom. The second-order valence-electron chi connectivity index (χ2n) is 7.90. The van der Waals surface area contributed by atoms with E-state index < -0.39 is 0 Å². The molecule has 1 N–H and O–H groups in total. The fourth-order valence-corrected chi connectivity index (χ4v) is 5.08. The molecule has 2 atom stereocenters. The first-order valence-electron chi connectivity index (χ1n) is 10.2. The maximum Gasteiger partial charge on any atom is 0.0730 e. The van der Waals surface area contributed by atoms with Crippen LogP contribution in [0.1, 0.15) is 32.1 Å². The largest absolute Gasteiger partial charge is 0.384 e. The van der Waals surface area contributed by atoms with Gasteiger partial charge in [0.05, 0.1) is 16.7 Å². The molecule has 0 amide bonds. The summed E-state index contributed by atoms with van der Waals surface area (Å²) in [5, 5.41) is 6.34. The first-order valence-corrected chi connectivity index (χ1v) is 10.2. The summed E-state index contributed by atoms with van der Waals surface area (Å²) in [6, 6.07) is 17.8. The van der Waals surface area contributed by atoms with Gasteiger partial charge in [0.15, 0.2) is 0 Å². The highest BCUT2D eigenvalue weighted by Gasteiger charge is 2.32. The Kier molecular flexibility index (Phi) is 4.25. The van der Waals surface area contributed by atoms with Crippen molar-refractivity contribution in [1.29, 1.82) is 0 Å². The zero-order chi connectivity index (χ0) is 17.3. The summed E-state index contributed by atoms with van der Waals surface area (Å²) in [6.07, 6.45) is 6.87. The smallest absolute Gasteiger partial charge is 0.0730 e. The average Bonchev–Trinajstić information content (AvgIpc) is 2.71. The number of piperidine rings is 2. The van der Waals surface area contributed by atoms with Gasteiger partial charge in [-0.05, 0) is 56.8 Å². The highest BCUT2D eigenvalue weighted by Crippen LogP contribution is 2.34. The van der Waals surface area contributed by atoms with Gasteiger partial charge in [-0.1, -0.05) is 42.8 Å². The molecule has 0 radical (unpaired) electrons. The van der Waals surface area contributed by atoms with Crippen LogP contribution in [0.25, 0.3) is 21.8 Å². The SMILES string of the molecule is c1ccc2c(NC[C@H]3CCCN4CCCC[C@H]34)c3ccccc3nc2c1. The van der Waals surface area contributed by atoms with Crippen molar-refractivity contribution in [3.8, 4) is 0 Å². The van der Waals surface area contributed by atoms with Crippen molar-refractivity contribution in [3.63, 3.8) is 0 Å². The van der Waals surface area contributed by atoms with Crippen LogP contribution in [0.2, 0.25) is 0 Å². The quantitative estimate of drug-likeness (QED) is 0.672. The van der Waals surface area contributed by atoms with Crippen LogP contribution in [0.4, 0.5) is 5.69 Å². The van der Waals surface area contributed by atoms with Crippen LogP contribution in [-0.4, -0.2) is 35.6 Å². The van der Waals surface area contributed by atoms with Crippen LogP contribution in [-0.2, 0) is 0 Å². The molecule has 134 valence electrons. The van der Waals surface area contributed by atoms with E-state index in [9.17, 15) is 0 Å². The number of benzene rings is 2. The van der Waals surface area contributed by atoms with Gasteiger partial charge in [-0.15, -0.1) is 0 Å². The minimum atomic E-state index is 0.759. The molecule has 2 aliphatic heterocycles. The van der Waals surface area contributed by atoms with Crippen molar-refractivity contribution >= 4 is 27.5 Å². The Labute approximate surface area is 155 Å². The fraction of sp³-hybridized carbons (Fsp3) is 0.435. The first-order chi connectivity index (χ1) is 12.9. The molecule has 0 aliphatic carbocycles. The summed E-state index contributed by atoms with van der Waals surface area (Å²) in [6.45, 7) is 3.68. The molecule has 2 aliphatic rings. The molecule has 3 aromatic rings. The van der Waals surface area contributed by atoms with E-state index in [0.29, 0.717) is 0 Å². The second-order valence-corrected chi connectivity index (χ2v) is 7.90. The fourth-order valence-electron chi connectivity index (χ4n) is 5.08. The maximum atomic E-state index is 4.85. The van der Waals surface area contributed by atoms with Crippen molar-refractivity contribution in [1.82, 2.24) is 9.88 Å². The van der Waals surface area contributed by atoms with E-state index in [2.05, 4.69) is 58.7 Å². The number of pyridine rings is 1. The van der Waals surface area contributed by atoms with Gasteiger partial charge in [-0.2, -0.15) is 0 Å². The molecular formula is C23H27N3. The van der Waals surface area contributed by atoms with Crippen molar-refractivity contribution in [2.24, 2.45) is 5.92 Å². The number of rotatable bonds is 3. The molecule has 3 heteroatoms. The lowest BCUT2D eigenvalue weighted by Gasteiger charge is -2.44. The number of para-hydroxylation sites is 2. The Bertz CT molecular complexity index is 864. The van der Waals surface area contributed by atoms with E-state index in [0.717, 1.165) is 29.5 Å². The average molecular weight is 345 g/mol. The molecule has 0 unspecified atom stereocenters. The molecule has 2 fully saturated rings. The van der Waals surface area contributed by atoms with Gasteiger partial charge in [0.25, 0.3) is 0 Å². The van der Waals surface area contributed by atoms with Crippen molar-refractivity contribution in [2.45, 2.75) is 38.1 Å². The second kappa shape index (κ2) is 6.88. The number of aromatic nitrogens is 1. The van der Waals surface area contributed by atoms with Crippen LogP contribution >= 0.6 is 0 Å². The van der Waals surface area contributed by atoms with Gasteiger partial charge < -0.3 is 10.2 Å². The third-order valence-corrected chi connectivity index (χ3v) is 6.36. The van der Waals surface area contributed by atoms with E-state index in [-0.39, 0.29) is 0 Å². The lowest BCUT2D eigenvalue weighted by Crippen LogP contribution is -2.49. The molecule has 2 aromatic carbocycles. The van der Waals surface area contributed by atoms with E-state index in [1.54, 1.807) is 0 Å². The molecular weight excluding hydrogens is 318 g/mol. The van der Waals surface area contributed by atoms with Crippen molar-refractivity contribution < 1.29 is 0 Å². The minimum Gasteiger partial charge on any atom is -0.384 e. The van der Waals surface area contributed by atoms with Crippen LogP contribution in [0, 0.1) is 5.92 Å². The predicted molar refractivity (Wildman–Crippen MR) is 110 cm³/mol. The molecule has 5 rings (SSSR count). The van der Waals surface area contributed by atoms with Gasteiger partial charge >= 0.3 is 0 Å². The van der Waals surface area contributed by atoms with Gasteiger partial charge in [0, 0.05) is 23.4 Å². The van der Waals surface area contributed by atoms with Gasteiger partial charge in [-0.25, -0.2) is 4.98 Å². The Hall–Kier alpha value is -2.13. The lowest BCUT2D eigenvalue weighted by atomic mass is 9.83. The summed E-state index contributed by atoms with van der Waals surface area (Å²) in [5.41, 5.74) is 3.42. The zero-order valence-electron chi connectivity index (χ0n) is 15.3. The highest BCUT2D eigenvalue weighted by atomic mass is 15.2. The number of hydrogen-bond acceptors (Lipinski definition) is 3. The summed E-state index contributed by atoms with van der Waals surface area (Å²) in [5.74, 6) is 0.759. The number of fused-ring (bicyclic) bond motifs is 3. The topological polar surface area (TPSA) is 28.2 Å². The number of nitrogens with zero attached hydrogens (tertiary/aromatic N) is 2. The Morgan fingerprint density at radius 3 is 2.31 bits per heavy atom. The van der Waals surface area contributed by atoms with Crippen LogP contribution in [0.3, 0.4) is 0 Å². The van der Waals surface area contributed by atoms with Gasteiger partial charge in [0.1, 0.15) is 0 Å². The molecule has 0 saturated carbocycles. The van der Waals surface area contributed by atoms with Crippen LogP contribution < -0.4 is 5.32 Å². The number of hydrogen-bond donors (Lipinski definition) is 1. The lowest BCUT2D eigenvalue weighted by molar-refractivity contribution is 0.0649. The maximum absolute atomic E-state index is 4.85. The van der Waals surface area contributed by atoms with E-state index in [1.807, 2.05) is 0 Å². The van der Waals surface area contributed by atoms with Crippen molar-refractivity contribution in [2.75, 3.05) is 25.0 Å². The third kappa shape index (κ3) is 2.84. The summed E-state index contributed by atoms with van der Waals surface area (Å²) in [7, 11) is 0. The molecule has 26 heavy (non-hydrogen) atoms. The number of anilines is 1. The Morgan fingerprint density at radius 2 is 1.54 bits per heavy atom. The molecule has 3 nitrogen and oxygen atoms in total. The molecule has 1 aromatic heterocycles. The minimum absolute atomic E-state index is 0.759. The third-order valence-electron chi connectivity index (χ3n) is 6.36. The van der Waals surface area contributed by atoms with Gasteiger partial charge in [-0.3, -0.25) is 0 Å². The van der Waals surface area contributed by atoms with Crippen LogP contribution in [0.5, 0.6) is 0 Å². The molecule has 3 heterocycles.